The molecule has 2 heterocycles. The van der Waals surface area contributed by atoms with Gasteiger partial charge in [0.1, 0.15) is 10.8 Å². The average molecular weight is 667 g/mol. The summed E-state index contributed by atoms with van der Waals surface area (Å²) in [5.41, 5.74) is 4.47. The molecule has 1 amide bonds. The SMILES string of the molecule is CCOC(=O)c1c(NC(=O)CSc2nnc(Cc3ccccc3Nc3c(Cl)cccc3Cl)n2-c2ccccc2)sc(C)c1C. The largest absolute Gasteiger partial charge is 0.462 e. The predicted octanol–water partition coefficient (Wildman–Crippen LogP) is 8.49. The number of esters is 1. The molecule has 0 aliphatic rings. The molecule has 0 aliphatic heterocycles. The lowest BCUT2D eigenvalue weighted by Crippen LogP contribution is -2.17. The van der Waals surface area contributed by atoms with Crippen molar-refractivity contribution < 1.29 is 14.3 Å². The molecule has 2 aromatic heterocycles. The highest BCUT2D eigenvalue weighted by Crippen LogP contribution is 2.35. The van der Waals surface area contributed by atoms with Crippen LogP contribution >= 0.6 is 46.3 Å². The zero-order valence-corrected chi connectivity index (χ0v) is 27.3. The molecule has 0 unspecified atom stereocenters. The summed E-state index contributed by atoms with van der Waals surface area (Å²) in [6.07, 6.45) is 0.441. The van der Waals surface area contributed by atoms with Gasteiger partial charge in [0.05, 0.1) is 33.7 Å². The second-order valence-corrected chi connectivity index (χ2v) is 12.7. The smallest absolute Gasteiger partial charge is 0.341 e. The first kappa shape index (κ1) is 31.6. The summed E-state index contributed by atoms with van der Waals surface area (Å²) in [7, 11) is 0. The molecule has 226 valence electrons. The Hall–Kier alpha value is -3.83. The van der Waals surface area contributed by atoms with Crippen molar-refractivity contribution in [2.45, 2.75) is 32.3 Å². The van der Waals surface area contributed by atoms with Crippen LogP contribution in [0, 0.1) is 13.8 Å². The number of amides is 1. The van der Waals surface area contributed by atoms with Gasteiger partial charge in [-0.2, -0.15) is 0 Å². The zero-order chi connectivity index (χ0) is 31.2. The minimum absolute atomic E-state index is 0.0619. The Balaban J connectivity index is 1.39. The van der Waals surface area contributed by atoms with Gasteiger partial charge in [0.2, 0.25) is 5.91 Å². The molecule has 5 aromatic rings. The van der Waals surface area contributed by atoms with Gasteiger partial charge in [-0.3, -0.25) is 9.36 Å². The summed E-state index contributed by atoms with van der Waals surface area (Å²) >= 11 is 15.5. The molecular formula is C32H29Cl2N5O3S2. The Morgan fingerprint density at radius 1 is 0.955 bits per heavy atom. The van der Waals surface area contributed by atoms with Gasteiger partial charge >= 0.3 is 5.97 Å². The maximum atomic E-state index is 13.1. The first-order chi connectivity index (χ1) is 21.3. The molecule has 8 nitrogen and oxygen atoms in total. The van der Waals surface area contributed by atoms with Crippen molar-refractivity contribution in [2.24, 2.45) is 0 Å². The van der Waals surface area contributed by atoms with Gasteiger partial charge in [-0.15, -0.1) is 21.5 Å². The van der Waals surface area contributed by atoms with Crippen LogP contribution in [-0.4, -0.2) is 39.0 Å². The number of benzene rings is 3. The summed E-state index contributed by atoms with van der Waals surface area (Å²) in [5, 5.41) is 17.3. The average Bonchev–Trinajstić information content (AvgIpc) is 3.54. The van der Waals surface area contributed by atoms with Gasteiger partial charge in [0, 0.05) is 22.7 Å². The lowest BCUT2D eigenvalue weighted by atomic mass is 10.1. The van der Waals surface area contributed by atoms with Crippen LogP contribution in [0.2, 0.25) is 10.0 Å². The number of anilines is 3. The number of carbonyl (C=O) groups excluding carboxylic acids is 2. The fraction of sp³-hybridized carbons (Fsp3) is 0.188. The number of carbonyl (C=O) groups is 2. The minimum Gasteiger partial charge on any atom is -0.462 e. The van der Waals surface area contributed by atoms with Crippen molar-refractivity contribution in [2.75, 3.05) is 23.0 Å². The van der Waals surface area contributed by atoms with Crippen molar-refractivity contribution in [3.63, 3.8) is 0 Å². The summed E-state index contributed by atoms with van der Waals surface area (Å²) in [6.45, 7) is 5.76. The van der Waals surface area contributed by atoms with Crippen molar-refractivity contribution in [3.8, 4) is 5.69 Å². The van der Waals surface area contributed by atoms with Crippen LogP contribution < -0.4 is 10.6 Å². The van der Waals surface area contributed by atoms with E-state index in [9.17, 15) is 9.59 Å². The fourth-order valence-corrected chi connectivity index (χ4v) is 6.85. The van der Waals surface area contributed by atoms with Gasteiger partial charge in [-0.05, 0) is 62.2 Å². The molecule has 0 saturated carbocycles. The zero-order valence-electron chi connectivity index (χ0n) is 24.2. The van der Waals surface area contributed by atoms with E-state index in [1.807, 2.05) is 73.0 Å². The van der Waals surface area contributed by atoms with Crippen LogP contribution in [0.1, 0.15) is 39.1 Å². The standard InChI is InChI=1S/C32H29Cl2N5O3S2/c1-4-42-31(41)28-19(2)20(3)44-30(28)36-27(40)18-43-32-38-37-26(39(32)22-12-6-5-7-13-22)17-21-11-8-9-16-25(21)35-29-23(33)14-10-15-24(29)34/h5-16,35H,4,17-18H2,1-3H3,(H,36,40). The van der Waals surface area contributed by atoms with E-state index in [4.69, 9.17) is 27.9 Å². The lowest BCUT2D eigenvalue weighted by molar-refractivity contribution is -0.113. The third-order valence-corrected chi connectivity index (χ3v) is 9.43. The van der Waals surface area contributed by atoms with Gasteiger partial charge in [-0.25, -0.2) is 4.79 Å². The number of ether oxygens (including phenoxy) is 1. The van der Waals surface area contributed by atoms with Crippen LogP contribution in [0.15, 0.2) is 78.0 Å². The highest BCUT2D eigenvalue weighted by Gasteiger charge is 2.23. The topological polar surface area (TPSA) is 98.1 Å². The van der Waals surface area contributed by atoms with Crippen LogP contribution in [0.5, 0.6) is 0 Å². The van der Waals surface area contributed by atoms with Gasteiger partial charge < -0.3 is 15.4 Å². The molecular weight excluding hydrogens is 637 g/mol. The van der Waals surface area contributed by atoms with Crippen LogP contribution in [0.25, 0.3) is 5.69 Å². The van der Waals surface area contributed by atoms with E-state index in [0.29, 0.717) is 43.7 Å². The molecule has 2 N–H and O–H groups in total. The molecule has 0 spiro atoms. The quantitative estimate of drug-likeness (QED) is 0.108. The summed E-state index contributed by atoms with van der Waals surface area (Å²) in [5.74, 6) is 0.0361. The number of aryl methyl sites for hydroxylation is 1. The number of halogens is 2. The lowest BCUT2D eigenvalue weighted by Gasteiger charge is -2.15. The minimum atomic E-state index is -0.447. The van der Waals surface area contributed by atoms with Gasteiger partial charge in [0.25, 0.3) is 0 Å². The van der Waals surface area contributed by atoms with E-state index in [1.165, 1.54) is 23.1 Å². The highest BCUT2D eigenvalue weighted by atomic mass is 35.5. The van der Waals surface area contributed by atoms with E-state index in [1.54, 1.807) is 25.1 Å². The Kier molecular flexibility index (Phi) is 10.3. The van der Waals surface area contributed by atoms with Crippen molar-refractivity contribution >= 4 is 74.6 Å². The van der Waals surface area contributed by atoms with Crippen LogP contribution in [0.4, 0.5) is 16.4 Å². The van der Waals surface area contributed by atoms with Crippen LogP contribution in [-0.2, 0) is 16.0 Å². The Labute approximate surface area is 273 Å². The van der Waals surface area contributed by atoms with Crippen molar-refractivity contribution in [1.29, 1.82) is 0 Å². The molecule has 3 aromatic carbocycles. The van der Waals surface area contributed by atoms with Gasteiger partial charge in [-0.1, -0.05) is 77.4 Å². The highest BCUT2D eigenvalue weighted by molar-refractivity contribution is 7.99. The van der Waals surface area contributed by atoms with Crippen molar-refractivity contribution in [3.05, 3.63) is 110 Å². The molecule has 12 heteroatoms. The predicted molar refractivity (Wildman–Crippen MR) is 179 cm³/mol. The molecule has 0 radical (unpaired) electrons. The molecule has 0 fully saturated rings. The molecule has 0 saturated heterocycles. The van der Waals surface area contributed by atoms with Gasteiger partial charge in [0.15, 0.2) is 5.16 Å². The number of para-hydroxylation sites is 3. The maximum absolute atomic E-state index is 13.1. The number of thiophene rings is 1. The monoisotopic (exact) mass is 665 g/mol. The molecule has 0 atom stereocenters. The first-order valence-electron chi connectivity index (χ1n) is 13.7. The number of aromatic nitrogens is 3. The Bertz CT molecular complexity index is 1790. The third kappa shape index (κ3) is 7.10. The van der Waals surface area contributed by atoms with Crippen molar-refractivity contribution in [1.82, 2.24) is 14.8 Å². The number of nitrogens with zero attached hydrogens (tertiary/aromatic N) is 3. The van der Waals surface area contributed by atoms with Crippen LogP contribution in [0.3, 0.4) is 0 Å². The number of hydrogen-bond donors (Lipinski definition) is 2. The fourth-order valence-electron chi connectivity index (χ4n) is 4.52. The van der Waals surface area contributed by atoms with E-state index >= 15 is 0 Å². The van der Waals surface area contributed by atoms with E-state index < -0.39 is 5.97 Å². The van der Waals surface area contributed by atoms with E-state index in [0.717, 1.165) is 27.4 Å². The number of nitrogens with one attached hydrogen (secondary N) is 2. The second kappa shape index (κ2) is 14.3. The number of rotatable bonds is 11. The molecule has 0 bridgehead atoms. The summed E-state index contributed by atoms with van der Waals surface area (Å²) in [6, 6.07) is 22.9. The number of thioether (sulfide) groups is 1. The first-order valence-corrected chi connectivity index (χ1v) is 16.3. The third-order valence-electron chi connectivity index (χ3n) is 6.75. The Morgan fingerprint density at radius 3 is 2.39 bits per heavy atom. The molecule has 5 rings (SSSR count). The number of hydrogen-bond acceptors (Lipinski definition) is 8. The summed E-state index contributed by atoms with van der Waals surface area (Å²) in [4.78, 5) is 26.6. The van der Waals surface area contributed by atoms with E-state index in [2.05, 4.69) is 20.8 Å². The molecule has 44 heavy (non-hydrogen) atoms. The maximum Gasteiger partial charge on any atom is 0.341 e. The Morgan fingerprint density at radius 2 is 1.66 bits per heavy atom. The molecule has 0 aliphatic carbocycles. The second-order valence-electron chi connectivity index (χ2n) is 9.67. The van der Waals surface area contributed by atoms with E-state index in [-0.39, 0.29) is 18.3 Å². The summed E-state index contributed by atoms with van der Waals surface area (Å²) < 4.78 is 7.16. The normalized spacial score (nSPS) is 10.9.